The van der Waals surface area contributed by atoms with Crippen LogP contribution in [0.2, 0.25) is 0 Å². The van der Waals surface area contributed by atoms with E-state index in [1.54, 1.807) is 12.0 Å². The number of anilines is 1. The van der Waals surface area contributed by atoms with E-state index in [0.29, 0.717) is 17.0 Å². The number of nitrogens with zero attached hydrogens (tertiary/aromatic N) is 1. The van der Waals surface area contributed by atoms with Crippen LogP contribution in [0.15, 0.2) is 90.7 Å². The first kappa shape index (κ1) is 16.9. The summed E-state index contributed by atoms with van der Waals surface area (Å²) in [5.41, 5.74) is 3.08. The number of benzene rings is 3. The van der Waals surface area contributed by atoms with Gasteiger partial charge in [-0.2, -0.15) is 0 Å². The summed E-state index contributed by atoms with van der Waals surface area (Å²) in [6.07, 6.45) is 0. The Balaban J connectivity index is 1.87. The number of methoxy groups -OCH3 is 1. The van der Waals surface area contributed by atoms with Crippen molar-refractivity contribution in [2.24, 2.45) is 0 Å². The molecule has 4 heteroatoms. The predicted octanol–water partition coefficient (Wildman–Crippen LogP) is 4.75. The molecule has 27 heavy (non-hydrogen) atoms. The molecule has 3 aromatic rings. The van der Waals surface area contributed by atoms with Gasteiger partial charge < -0.3 is 9.84 Å². The van der Waals surface area contributed by atoms with Crippen LogP contribution in [0.25, 0.3) is 5.57 Å². The van der Waals surface area contributed by atoms with Gasteiger partial charge in [-0.1, -0.05) is 60.7 Å². The van der Waals surface area contributed by atoms with Crippen LogP contribution in [0.4, 0.5) is 5.69 Å². The van der Waals surface area contributed by atoms with E-state index in [0.717, 1.165) is 11.1 Å². The molecule has 0 radical (unpaired) electrons. The average molecular weight is 357 g/mol. The molecule has 0 aliphatic carbocycles. The maximum Gasteiger partial charge on any atom is 0.294 e. The highest BCUT2D eigenvalue weighted by atomic mass is 16.5. The SMILES string of the molecule is COc1ccc(N2C(=O)C(O)=C(c3ccccc3)[C@H]2c2ccccc2)cc1. The van der Waals surface area contributed by atoms with Crippen molar-refractivity contribution in [1.82, 2.24) is 0 Å². The third-order valence-corrected chi connectivity index (χ3v) is 4.76. The van der Waals surface area contributed by atoms with Crippen LogP contribution in [-0.4, -0.2) is 18.1 Å². The number of amides is 1. The Morgan fingerprint density at radius 1 is 0.852 bits per heavy atom. The molecule has 1 amide bonds. The van der Waals surface area contributed by atoms with Crippen LogP contribution in [0.5, 0.6) is 5.75 Å². The maximum atomic E-state index is 13.0. The molecule has 0 saturated heterocycles. The van der Waals surface area contributed by atoms with Crippen molar-refractivity contribution in [3.8, 4) is 5.75 Å². The maximum absolute atomic E-state index is 13.0. The standard InChI is InChI=1S/C23H19NO3/c1-27-19-14-12-18(13-15-19)24-21(17-10-6-3-7-11-17)20(22(25)23(24)26)16-8-4-2-5-9-16/h2-15,21,25H,1H3/t21-/m1/s1. The number of carbonyl (C=O) groups excluding carboxylic acids is 1. The summed E-state index contributed by atoms with van der Waals surface area (Å²) < 4.78 is 5.22. The van der Waals surface area contributed by atoms with E-state index in [-0.39, 0.29) is 5.76 Å². The fourth-order valence-electron chi connectivity index (χ4n) is 3.48. The number of hydrogen-bond acceptors (Lipinski definition) is 3. The summed E-state index contributed by atoms with van der Waals surface area (Å²) in [6.45, 7) is 0. The molecule has 4 rings (SSSR count). The first-order valence-electron chi connectivity index (χ1n) is 8.72. The minimum Gasteiger partial charge on any atom is -0.503 e. The van der Waals surface area contributed by atoms with Crippen LogP contribution in [0, 0.1) is 0 Å². The number of hydrogen-bond donors (Lipinski definition) is 1. The van der Waals surface area contributed by atoms with Gasteiger partial charge in [0.2, 0.25) is 0 Å². The second kappa shape index (κ2) is 7.00. The molecule has 0 fully saturated rings. The van der Waals surface area contributed by atoms with E-state index in [1.807, 2.05) is 84.9 Å². The van der Waals surface area contributed by atoms with Gasteiger partial charge >= 0.3 is 0 Å². The third-order valence-electron chi connectivity index (χ3n) is 4.76. The number of ether oxygens (including phenoxy) is 1. The molecule has 3 aromatic carbocycles. The van der Waals surface area contributed by atoms with Gasteiger partial charge in [0.05, 0.1) is 13.2 Å². The zero-order valence-corrected chi connectivity index (χ0v) is 14.9. The second-order valence-electron chi connectivity index (χ2n) is 6.31. The van der Waals surface area contributed by atoms with Crippen LogP contribution < -0.4 is 9.64 Å². The van der Waals surface area contributed by atoms with Crippen molar-refractivity contribution < 1.29 is 14.6 Å². The molecule has 1 aliphatic heterocycles. The Labute approximate surface area is 158 Å². The summed E-state index contributed by atoms with van der Waals surface area (Å²) in [7, 11) is 1.60. The van der Waals surface area contributed by atoms with Crippen molar-refractivity contribution >= 4 is 17.2 Å². The van der Waals surface area contributed by atoms with E-state index in [2.05, 4.69) is 0 Å². The Morgan fingerprint density at radius 2 is 1.44 bits per heavy atom. The molecule has 1 aliphatic rings. The van der Waals surface area contributed by atoms with Crippen molar-refractivity contribution in [2.75, 3.05) is 12.0 Å². The van der Waals surface area contributed by atoms with Gasteiger partial charge in [-0.3, -0.25) is 9.69 Å². The van der Waals surface area contributed by atoms with Crippen LogP contribution in [-0.2, 0) is 4.79 Å². The van der Waals surface area contributed by atoms with E-state index >= 15 is 0 Å². The van der Waals surface area contributed by atoms with E-state index in [9.17, 15) is 9.90 Å². The molecule has 0 bridgehead atoms. The predicted molar refractivity (Wildman–Crippen MR) is 106 cm³/mol. The third kappa shape index (κ3) is 2.95. The van der Waals surface area contributed by atoms with E-state index in [4.69, 9.17) is 4.74 Å². The van der Waals surface area contributed by atoms with Crippen LogP contribution in [0.1, 0.15) is 17.2 Å². The number of aliphatic hydroxyl groups excluding tert-OH is 1. The van der Waals surface area contributed by atoms with Gasteiger partial charge in [-0.25, -0.2) is 0 Å². The summed E-state index contributed by atoms with van der Waals surface area (Å²) in [4.78, 5) is 14.6. The molecule has 0 saturated carbocycles. The van der Waals surface area contributed by atoms with Gasteiger partial charge in [-0.15, -0.1) is 0 Å². The first-order valence-corrected chi connectivity index (χ1v) is 8.72. The molecule has 4 nitrogen and oxygen atoms in total. The highest BCUT2D eigenvalue weighted by molar-refractivity contribution is 6.15. The molecule has 1 heterocycles. The van der Waals surface area contributed by atoms with Crippen molar-refractivity contribution in [3.05, 3.63) is 102 Å². The second-order valence-corrected chi connectivity index (χ2v) is 6.31. The highest BCUT2D eigenvalue weighted by Gasteiger charge is 2.41. The minimum atomic E-state index is -0.409. The van der Waals surface area contributed by atoms with Gasteiger partial charge in [0.1, 0.15) is 5.75 Å². The molecule has 0 aromatic heterocycles. The molecule has 0 unspecified atom stereocenters. The van der Waals surface area contributed by atoms with Crippen LogP contribution in [0.3, 0.4) is 0 Å². The Kier molecular flexibility index (Phi) is 4.38. The topological polar surface area (TPSA) is 49.8 Å². The summed E-state index contributed by atoms with van der Waals surface area (Å²) >= 11 is 0. The van der Waals surface area contributed by atoms with E-state index < -0.39 is 11.9 Å². The molecule has 1 atom stereocenters. The lowest BCUT2D eigenvalue weighted by Crippen LogP contribution is -2.30. The zero-order chi connectivity index (χ0) is 18.8. The van der Waals surface area contributed by atoms with Crippen molar-refractivity contribution in [2.45, 2.75) is 6.04 Å². The molecular formula is C23H19NO3. The lowest BCUT2D eigenvalue weighted by molar-refractivity contribution is -0.117. The first-order chi connectivity index (χ1) is 13.2. The Morgan fingerprint density at radius 3 is 2.04 bits per heavy atom. The van der Waals surface area contributed by atoms with Crippen molar-refractivity contribution in [3.63, 3.8) is 0 Å². The summed E-state index contributed by atoms with van der Waals surface area (Å²) in [5.74, 6) is 0.0841. The largest absolute Gasteiger partial charge is 0.503 e. The number of rotatable bonds is 4. The summed E-state index contributed by atoms with van der Waals surface area (Å²) in [5, 5.41) is 10.7. The Bertz CT molecular complexity index is 979. The zero-order valence-electron chi connectivity index (χ0n) is 14.9. The van der Waals surface area contributed by atoms with Crippen molar-refractivity contribution in [1.29, 1.82) is 0 Å². The highest BCUT2D eigenvalue weighted by Crippen LogP contribution is 2.45. The lowest BCUT2D eigenvalue weighted by atomic mass is 9.93. The van der Waals surface area contributed by atoms with Gasteiger partial charge in [0.15, 0.2) is 5.76 Å². The lowest BCUT2D eigenvalue weighted by Gasteiger charge is -2.27. The monoisotopic (exact) mass is 357 g/mol. The quantitative estimate of drug-likeness (QED) is 0.733. The average Bonchev–Trinajstić information content (AvgIpc) is 3.00. The minimum absolute atomic E-state index is 0.217. The van der Waals surface area contributed by atoms with Gasteiger partial charge in [0, 0.05) is 11.3 Å². The van der Waals surface area contributed by atoms with E-state index in [1.165, 1.54) is 0 Å². The fraction of sp³-hybridized carbons (Fsp3) is 0.0870. The Hall–Kier alpha value is -3.53. The fourth-order valence-corrected chi connectivity index (χ4v) is 3.48. The molecule has 0 spiro atoms. The smallest absolute Gasteiger partial charge is 0.294 e. The normalized spacial score (nSPS) is 16.7. The summed E-state index contributed by atoms with van der Waals surface area (Å²) in [6, 6.07) is 26.1. The molecule has 1 N–H and O–H groups in total. The number of aliphatic hydroxyl groups is 1. The van der Waals surface area contributed by atoms with Gasteiger partial charge in [0.25, 0.3) is 5.91 Å². The number of carbonyl (C=O) groups is 1. The van der Waals surface area contributed by atoms with Gasteiger partial charge in [-0.05, 0) is 35.4 Å². The van der Waals surface area contributed by atoms with Crippen LogP contribution >= 0.6 is 0 Å². The molecule has 134 valence electrons. The molecular weight excluding hydrogens is 338 g/mol.